The van der Waals surface area contributed by atoms with Crippen LogP contribution in [0.25, 0.3) is 0 Å². The van der Waals surface area contributed by atoms with Crippen LogP contribution >= 0.6 is 0 Å². The minimum atomic E-state index is -0.669. The number of esters is 1. The van der Waals surface area contributed by atoms with Crippen molar-refractivity contribution in [2.45, 2.75) is 431 Å². The van der Waals surface area contributed by atoms with Crippen LogP contribution in [0.15, 0.2) is 0 Å². The Morgan fingerprint density at radius 3 is 0.792 bits per heavy atom. The van der Waals surface area contributed by atoms with Crippen molar-refractivity contribution in [1.29, 1.82) is 0 Å². The van der Waals surface area contributed by atoms with Gasteiger partial charge in [0.2, 0.25) is 5.91 Å². The molecular formula is C71H141NO5. The van der Waals surface area contributed by atoms with Crippen molar-refractivity contribution in [1.82, 2.24) is 5.32 Å². The number of aliphatic hydroxyl groups is 2. The molecule has 1 amide bonds. The minimum absolute atomic E-state index is 0.0118. The maximum Gasteiger partial charge on any atom is 0.305 e. The molecule has 0 aliphatic heterocycles. The Bertz CT molecular complexity index is 1120. The molecule has 0 aliphatic rings. The van der Waals surface area contributed by atoms with Crippen LogP contribution in [0.4, 0.5) is 0 Å². The van der Waals surface area contributed by atoms with Gasteiger partial charge in [0, 0.05) is 12.8 Å². The predicted octanol–water partition coefficient (Wildman–Crippen LogP) is 23.0. The van der Waals surface area contributed by atoms with Crippen molar-refractivity contribution in [2.75, 3.05) is 13.2 Å². The number of unbranched alkanes of at least 4 members (excludes halogenated alkanes) is 57. The van der Waals surface area contributed by atoms with Crippen LogP contribution in [0.1, 0.15) is 418 Å². The number of nitrogens with one attached hydrogen (secondary N) is 1. The monoisotopic (exact) mass is 1090 g/mol. The summed E-state index contributed by atoms with van der Waals surface area (Å²) in [7, 11) is 0. The van der Waals surface area contributed by atoms with Gasteiger partial charge in [0.05, 0.1) is 25.4 Å². The molecule has 0 fully saturated rings. The first kappa shape index (κ1) is 75.9. The number of hydrogen-bond acceptors (Lipinski definition) is 5. The standard InChI is InChI=1S/C71H141NO5/c1-3-5-7-9-11-13-15-17-19-21-23-24-25-26-27-28-29-31-35-39-43-47-51-55-59-63-69(74)68(67-73)72-70(75)64-60-56-52-48-44-40-36-32-30-34-38-42-46-50-54-58-62-66-77-71(76)65-61-57-53-49-45-41-37-33-22-20-18-16-14-12-10-8-6-4-2/h68-69,73-74H,3-67H2,1-2H3,(H,72,75). The topological polar surface area (TPSA) is 95.9 Å². The molecule has 2 unspecified atom stereocenters. The zero-order valence-electron chi connectivity index (χ0n) is 52.7. The second-order valence-electron chi connectivity index (χ2n) is 24.9. The van der Waals surface area contributed by atoms with Gasteiger partial charge in [-0.15, -0.1) is 0 Å². The van der Waals surface area contributed by atoms with Gasteiger partial charge in [-0.25, -0.2) is 0 Å². The van der Waals surface area contributed by atoms with E-state index in [4.69, 9.17) is 4.74 Å². The van der Waals surface area contributed by atoms with Crippen LogP contribution in [0.2, 0.25) is 0 Å². The molecule has 0 aromatic heterocycles. The molecule has 460 valence electrons. The van der Waals surface area contributed by atoms with E-state index in [2.05, 4.69) is 19.2 Å². The molecule has 6 heteroatoms. The van der Waals surface area contributed by atoms with Crippen molar-refractivity contribution < 1.29 is 24.5 Å². The van der Waals surface area contributed by atoms with Crippen molar-refractivity contribution in [3.8, 4) is 0 Å². The molecule has 0 aromatic rings. The van der Waals surface area contributed by atoms with Crippen LogP contribution < -0.4 is 5.32 Å². The first-order valence-corrected chi connectivity index (χ1v) is 35.8. The highest BCUT2D eigenvalue weighted by molar-refractivity contribution is 5.76. The molecule has 3 N–H and O–H groups in total. The Kier molecular flexibility index (Phi) is 66.4. The fourth-order valence-corrected chi connectivity index (χ4v) is 11.7. The third kappa shape index (κ3) is 63.9. The lowest BCUT2D eigenvalue weighted by Crippen LogP contribution is -2.45. The van der Waals surface area contributed by atoms with E-state index in [-0.39, 0.29) is 18.5 Å². The summed E-state index contributed by atoms with van der Waals surface area (Å²) in [4.78, 5) is 24.7. The third-order valence-corrected chi connectivity index (χ3v) is 17.2. The maximum atomic E-state index is 12.6. The summed E-state index contributed by atoms with van der Waals surface area (Å²) in [6, 6.07) is -0.546. The number of aliphatic hydroxyl groups excluding tert-OH is 2. The van der Waals surface area contributed by atoms with Gasteiger partial charge in [-0.2, -0.15) is 0 Å². The SMILES string of the molecule is CCCCCCCCCCCCCCCCCCCCCCCCCCCC(O)C(CO)NC(=O)CCCCCCCCCCCCCCCCCCCOC(=O)CCCCCCCCCCCCCCCCCCCC. The van der Waals surface area contributed by atoms with E-state index in [0.29, 0.717) is 25.9 Å². The molecule has 2 atom stereocenters. The second kappa shape index (κ2) is 67.4. The Morgan fingerprint density at radius 2 is 0.532 bits per heavy atom. The van der Waals surface area contributed by atoms with Gasteiger partial charge in [0.15, 0.2) is 0 Å². The highest BCUT2D eigenvalue weighted by atomic mass is 16.5. The van der Waals surface area contributed by atoms with E-state index in [1.165, 1.54) is 347 Å². The van der Waals surface area contributed by atoms with Crippen molar-refractivity contribution in [3.63, 3.8) is 0 Å². The van der Waals surface area contributed by atoms with Gasteiger partial charge in [0.1, 0.15) is 0 Å². The molecular weight excluding hydrogens is 947 g/mol. The van der Waals surface area contributed by atoms with Crippen molar-refractivity contribution >= 4 is 11.9 Å². The fourth-order valence-electron chi connectivity index (χ4n) is 11.7. The van der Waals surface area contributed by atoms with E-state index in [1.54, 1.807) is 0 Å². The lowest BCUT2D eigenvalue weighted by atomic mass is 10.0. The van der Waals surface area contributed by atoms with Crippen LogP contribution in [0.3, 0.4) is 0 Å². The molecule has 0 radical (unpaired) electrons. The average molecular weight is 1090 g/mol. The second-order valence-corrected chi connectivity index (χ2v) is 24.9. The number of rotatable bonds is 68. The lowest BCUT2D eigenvalue weighted by Gasteiger charge is -2.22. The number of amides is 1. The molecule has 0 rings (SSSR count). The number of ether oxygens (including phenoxy) is 1. The Morgan fingerprint density at radius 1 is 0.312 bits per heavy atom. The number of hydrogen-bond donors (Lipinski definition) is 3. The molecule has 0 saturated heterocycles. The minimum Gasteiger partial charge on any atom is -0.466 e. The van der Waals surface area contributed by atoms with Gasteiger partial charge in [-0.05, 0) is 25.7 Å². The average Bonchev–Trinajstić information content (AvgIpc) is 3.43. The molecule has 0 spiro atoms. The Hall–Kier alpha value is -1.14. The van der Waals surface area contributed by atoms with E-state index in [0.717, 1.165) is 38.5 Å². The molecule has 6 nitrogen and oxygen atoms in total. The van der Waals surface area contributed by atoms with Crippen molar-refractivity contribution in [3.05, 3.63) is 0 Å². The summed E-state index contributed by atoms with van der Waals surface area (Å²) in [5, 5.41) is 23.4. The summed E-state index contributed by atoms with van der Waals surface area (Å²) < 4.78 is 5.51. The van der Waals surface area contributed by atoms with Crippen LogP contribution in [-0.4, -0.2) is 47.4 Å². The first-order valence-electron chi connectivity index (χ1n) is 35.8. The number of carbonyl (C=O) groups is 2. The lowest BCUT2D eigenvalue weighted by molar-refractivity contribution is -0.143. The van der Waals surface area contributed by atoms with Gasteiger partial charge < -0.3 is 20.3 Å². The van der Waals surface area contributed by atoms with E-state index >= 15 is 0 Å². The summed E-state index contributed by atoms with van der Waals surface area (Å²) >= 11 is 0. The summed E-state index contributed by atoms with van der Waals surface area (Å²) in [6.07, 6.45) is 81.4. The van der Waals surface area contributed by atoms with Gasteiger partial charge in [-0.1, -0.05) is 380 Å². The van der Waals surface area contributed by atoms with Gasteiger partial charge in [0.25, 0.3) is 0 Å². The van der Waals surface area contributed by atoms with Crippen LogP contribution in [-0.2, 0) is 14.3 Å². The summed E-state index contributed by atoms with van der Waals surface area (Å²) in [5.41, 5.74) is 0. The van der Waals surface area contributed by atoms with E-state index in [1.807, 2.05) is 0 Å². The van der Waals surface area contributed by atoms with Gasteiger partial charge >= 0.3 is 5.97 Å². The van der Waals surface area contributed by atoms with Gasteiger partial charge in [-0.3, -0.25) is 9.59 Å². The molecule has 0 aromatic carbocycles. The predicted molar refractivity (Wildman–Crippen MR) is 338 cm³/mol. The Balaban J connectivity index is 3.38. The first-order chi connectivity index (χ1) is 38.0. The number of carbonyl (C=O) groups excluding carboxylic acids is 2. The fraction of sp³-hybridized carbons (Fsp3) is 0.972. The zero-order valence-corrected chi connectivity index (χ0v) is 52.7. The van der Waals surface area contributed by atoms with Crippen molar-refractivity contribution in [2.24, 2.45) is 0 Å². The molecule has 0 heterocycles. The molecule has 0 saturated carbocycles. The van der Waals surface area contributed by atoms with E-state index in [9.17, 15) is 19.8 Å². The van der Waals surface area contributed by atoms with E-state index < -0.39 is 12.1 Å². The summed E-state index contributed by atoms with van der Waals surface area (Å²) in [5.74, 6) is -0.0222. The third-order valence-electron chi connectivity index (χ3n) is 17.2. The highest BCUT2D eigenvalue weighted by Gasteiger charge is 2.20. The highest BCUT2D eigenvalue weighted by Crippen LogP contribution is 2.20. The van der Waals surface area contributed by atoms with Crippen LogP contribution in [0, 0.1) is 0 Å². The normalized spacial score (nSPS) is 12.4. The quantitative estimate of drug-likeness (QED) is 0.0417. The maximum absolute atomic E-state index is 12.6. The Labute approximate surface area is 483 Å². The molecule has 77 heavy (non-hydrogen) atoms. The largest absolute Gasteiger partial charge is 0.466 e. The smallest absolute Gasteiger partial charge is 0.305 e. The van der Waals surface area contributed by atoms with Crippen LogP contribution in [0.5, 0.6) is 0 Å². The molecule has 0 aliphatic carbocycles. The summed E-state index contributed by atoms with van der Waals surface area (Å²) in [6.45, 7) is 5.00. The molecule has 0 bridgehead atoms. The zero-order chi connectivity index (χ0) is 55.7.